The number of thioether (sulfide) groups is 1. The van der Waals surface area contributed by atoms with Crippen LogP contribution in [-0.2, 0) is 19.6 Å². The number of nitrogens with zero attached hydrogens (tertiary/aromatic N) is 1. The molecule has 0 atom stereocenters. The SMILES string of the molecule is O=C(NCc1ccc(CN(CCSc2ccccc2)Cc2c(F)cccc2Cl)cc1)c1ccccc1. The number of halogens is 2. The Labute approximate surface area is 221 Å². The largest absolute Gasteiger partial charge is 0.348 e. The third-order valence-electron chi connectivity index (χ3n) is 5.78. The molecular weight excluding hydrogens is 491 g/mol. The average molecular weight is 519 g/mol. The van der Waals surface area contributed by atoms with Gasteiger partial charge in [-0.15, -0.1) is 11.8 Å². The Morgan fingerprint density at radius 2 is 1.47 bits per heavy atom. The molecule has 0 heterocycles. The monoisotopic (exact) mass is 518 g/mol. The first-order valence-corrected chi connectivity index (χ1v) is 13.2. The lowest BCUT2D eigenvalue weighted by molar-refractivity contribution is 0.0951. The van der Waals surface area contributed by atoms with Crippen molar-refractivity contribution in [2.75, 3.05) is 12.3 Å². The summed E-state index contributed by atoms with van der Waals surface area (Å²) in [6.07, 6.45) is 0. The van der Waals surface area contributed by atoms with Gasteiger partial charge in [-0.1, -0.05) is 78.3 Å². The summed E-state index contributed by atoms with van der Waals surface area (Å²) in [6.45, 7) is 2.32. The molecule has 36 heavy (non-hydrogen) atoms. The van der Waals surface area contributed by atoms with Crippen LogP contribution in [0.1, 0.15) is 27.0 Å². The predicted octanol–water partition coefficient (Wildman–Crippen LogP) is 7.20. The Balaban J connectivity index is 1.38. The maximum atomic E-state index is 14.5. The minimum absolute atomic E-state index is 0.0939. The molecule has 0 spiro atoms. The zero-order valence-electron chi connectivity index (χ0n) is 19.9. The second-order valence-electron chi connectivity index (χ2n) is 8.44. The van der Waals surface area contributed by atoms with Crippen molar-refractivity contribution in [2.24, 2.45) is 0 Å². The third kappa shape index (κ3) is 7.69. The van der Waals surface area contributed by atoms with Gasteiger partial charge in [0, 0.05) is 53.0 Å². The van der Waals surface area contributed by atoms with Crippen molar-refractivity contribution in [1.29, 1.82) is 0 Å². The van der Waals surface area contributed by atoms with E-state index in [9.17, 15) is 9.18 Å². The van der Waals surface area contributed by atoms with E-state index in [1.807, 2.05) is 48.5 Å². The normalized spacial score (nSPS) is 11.0. The summed E-state index contributed by atoms with van der Waals surface area (Å²) in [5.74, 6) is 0.496. The number of carbonyl (C=O) groups excluding carboxylic acids is 1. The topological polar surface area (TPSA) is 32.3 Å². The van der Waals surface area contributed by atoms with Gasteiger partial charge in [0.2, 0.25) is 0 Å². The van der Waals surface area contributed by atoms with Crippen LogP contribution < -0.4 is 5.32 Å². The minimum Gasteiger partial charge on any atom is -0.348 e. The summed E-state index contributed by atoms with van der Waals surface area (Å²) in [5, 5.41) is 3.40. The molecule has 1 amide bonds. The fraction of sp³-hybridized carbons (Fsp3) is 0.167. The van der Waals surface area contributed by atoms with E-state index in [2.05, 4.69) is 34.5 Å². The zero-order chi connectivity index (χ0) is 25.2. The first kappa shape index (κ1) is 26.0. The maximum Gasteiger partial charge on any atom is 0.251 e. The Hall–Kier alpha value is -3.12. The molecule has 0 aromatic heterocycles. The molecule has 0 aliphatic carbocycles. The van der Waals surface area contributed by atoms with Crippen LogP contribution in [0.2, 0.25) is 5.02 Å². The Kier molecular flexibility index (Phi) is 9.56. The summed E-state index contributed by atoms with van der Waals surface area (Å²) in [5.41, 5.74) is 3.30. The van der Waals surface area contributed by atoms with Gasteiger partial charge in [0.15, 0.2) is 0 Å². The molecule has 3 nitrogen and oxygen atoms in total. The highest BCUT2D eigenvalue weighted by Crippen LogP contribution is 2.23. The quantitative estimate of drug-likeness (QED) is 0.213. The highest BCUT2D eigenvalue weighted by Gasteiger charge is 2.14. The van der Waals surface area contributed by atoms with Crippen molar-refractivity contribution in [2.45, 2.75) is 24.5 Å². The molecule has 6 heteroatoms. The van der Waals surface area contributed by atoms with Crippen LogP contribution in [-0.4, -0.2) is 23.1 Å². The molecule has 0 saturated carbocycles. The van der Waals surface area contributed by atoms with Gasteiger partial charge in [-0.25, -0.2) is 4.39 Å². The van der Waals surface area contributed by atoms with Gasteiger partial charge in [0.25, 0.3) is 5.91 Å². The van der Waals surface area contributed by atoms with Crippen LogP contribution in [0.15, 0.2) is 108 Å². The molecule has 1 N–H and O–H groups in total. The second kappa shape index (κ2) is 13.3. The van der Waals surface area contributed by atoms with E-state index in [1.54, 1.807) is 36.0 Å². The zero-order valence-corrected chi connectivity index (χ0v) is 21.4. The summed E-state index contributed by atoms with van der Waals surface area (Å²) in [4.78, 5) is 15.7. The lowest BCUT2D eigenvalue weighted by atomic mass is 10.1. The highest BCUT2D eigenvalue weighted by atomic mass is 35.5. The highest BCUT2D eigenvalue weighted by molar-refractivity contribution is 7.99. The number of amides is 1. The smallest absolute Gasteiger partial charge is 0.251 e. The standard InChI is InChI=1S/C30H28ClFN2OS/c31-28-12-7-13-29(32)27(28)22-34(18-19-36-26-10-5-2-6-11-26)21-24-16-14-23(15-17-24)20-33-30(35)25-8-3-1-4-9-25/h1-17H,18-22H2,(H,33,35). The number of hydrogen-bond acceptors (Lipinski definition) is 3. The summed E-state index contributed by atoms with van der Waals surface area (Å²) in [6, 6.07) is 32.4. The molecule has 4 aromatic rings. The van der Waals surface area contributed by atoms with Crippen molar-refractivity contribution in [3.63, 3.8) is 0 Å². The number of rotatable bonds is 11. The van der Waals surface area contributed by atoms with Crippen molar-refractivity contribution < 1.29 is 9.18 Å². The second-order valence-corrected chi connectivity index (χ2v) is 10.0. The fourth-order valence-electron chi connectivity index (χ4n) is 3.82. The fourth-order valence-corrected chi connectivity index (χ4v) is 4.98. The summed E-state index contributed by atoms with van der Waals surface area (Å²) in [7, 11) is 0. The third-order valence-corrected chi connectivity index (χ3v) is 7.13. The van der Waals surface area contributed by atoms with Crippen molar-refractivity contribution >= 4 is 29.3 Å². The van der Waals surface area contributed by atoms with E-state index in [4.69, 9.17) is 11.6 Å². The minimum atomic E-state index is -0.285. The first-order valence-electron chi connectivity index (χ1n) is 11.8. The lowest BCUT2D eigenvalue weighted by Gasteiger charge is -2.23. The van der Waals surface area contributed by atoms with Crippen molar-refractivity contribution in [1.82, 2.24) is 10.2 Å². The predicted molar refractivity (Wildman–Crippen MR) is 147 cm³/mol. The van der Waals surface area contributed by atoms with E-state index in [-0.39, 0.29) is 11.7 Å². The molecule has 184 valence electrons. The van der Waals surface area contributed by atoms with E-state index in [0.29, 0.717) is 35.8 Å². The van der Waals surface area contributed by atoms with Crippen LogP contribution in [0.5, 0.6) is 0 Å². The van der Waals surface area contributed by atoms with E-state index < -0.39 is 0 Å². The van der Waals surface area contributed by atoms with Gasteiger partial charge in [0.05, 0.1) is 0 Å². The maximum absolute atomic E-state index is 14.5. The van der Waals surface area contributed by atoms with Gasteiger partial charge >= 0.3 is 0 Å². The van der Waals surface area contributed by atoms with E-state index in [0.717, 1.165) is 23.4 Å². The number of hydrogen-bond donors (Lipinski definition) is 1. The average Bonchev–Trinajstić information content (AvgIpc) is 2.91. The first-order chi connectivity index (χ1) is 17.6. The van der Waals surface area contributed by atoms with Crippen molar-refractivity contribution in [3.05, 3.63) is 136 Å². The molecule has 0 aliphatic heterocycles. The summed E-state index contributed by atoms with van der Waals surface area (Å²) >= 11 is 8.11. The number of carbonyl (C=O) groups is 1. The molecular formula is C30H28ClFN2OS. The van der Waals surface area contributed by atoms with Gasteiger partial charge in [-0.2, -0.15) is 0 Å². The van der Waals surface area contributed by atoms with Crippen LogP contribution in [0.4, 0.5) is 4.39 Å². The molecule has 4 aromatic carbocycles. The van der Waals surface area contributed by atoms with Crippen molar-refractivity contribution in [3.8, 4) is 0 Å². The molecule has 0 radical (unpaired) electrons. The van der Waals surface area contributed by atoms with Gasteiger partial charge in [0.1, 0.15) is 5.82 Å². The molecule has 0 saturated heterocycles. The van der Waals surface area contributed by atoms with Gasteiger partial charge < -0.3 is 5.32 Å². The Morgan fingerprint density at radius 1 is 0.806 bits per heavy atom. The van der Waals surface area contributed by atoms with Crippen LogP contribution in [0.25, 0.3) is 0 Å². The molecule has 0 unspecified atom stereocenters. The number of benzene rings is 4. The van der Waals surface area contributed by atoms with Crippen LogP contribution in [0.3, 0.4) is 0 Å². The Morgan fingerprint density at radius 3 is 2.17 bits per heavy atom. The van der Waals surface area contributed by atoms with E-state index in [1.165, 1.54) is 11.0 Å². The van der Waals surface area contributed by atoms with Crippen LogP contribution in [0, 0.1) is 5.82 Å². The lowest BCUT2D eigenvalue weighted by Crippen LogP contribution is -2.26. The molecule has 0 fully saturated rings. The summed E-state index contributed by atoms with van der Waals surface area (Å²) < 4.78 is 14.5. The van der Waals surface area contributed by atoms with E-state index >= 15 is 0 Å². The number of nitrogens with one attached hydrogen (secondary N) is 1. The molecule has 4 rings (SSSR count). The van der Waals surface area contributed by atoms with Gasteiger partial charge in [-0.3, -0.25) is 9.69 Å². The van der Waals surface area contributed by atoms with Gasteiger partial charge in [-0.05, 0) is 47.5 Å². The van der Waals surface area contributed by atoms with Crippen LogP contribution >= 0.6 is 23.4 Å². The molecule has 0 aliphatic rings. The Bertz CT molecular complexity index is 1230. The molecule has 0 bridgehead atoms.